The molecule has 4 N–H and O–H groups in total. The minimum atomic E-state index is -4.55. The van der Waals surface area contributed by atoms with Crippen LogP contribution in [-0.4, -0.2) is 56.0 Å². The second kappa shape index (κ2) is 8.59. The fraction of sp³-hybridized carbons (Fsp3) is 0.455. The maximum atomic E-state index is 13.2. The van der Waals surface area contributed by atoms with Crippen LogP contribution in [0, 0.1) is 0 Å². The third kappa shape index (κ3) is 4.37. The predicted octanol–water partition coefficient (Wildman–Crippen LogP) is 3.30. The molecule has 1 aliphatic rings. The van der Waals surface area contributed by atoms with Gasteiger partial charge in [0.05, 0.1) is 24.0 Å². The molecule has 2 aromatic heterocycles. The van der Waals surface area contributed by atoms with Crippen molar-refractivity contribution in [2.24, 2.45) is 0 Å². The van der Waals surface area contributed by atoms with E-state index in [0.717, 1.165) is 23.5 Å². The molecule has 3 aromatic rings. The molecule has 1 fully saturated rings. The standard InChI is InChI=1S/C22H26F3N5O2/c1-21(12-31,22(23,24)25)29-16-4-2-15(3-5-16)28-20(32)18-11-17(30-9-8-26-13-30)10-14-6-7-27-19(14)18/h6-11,13,15-16,27,29,31H,2-5,12H2,1H3,(H,28,32). The summed E-state index contributed by atoms with van der Waals surface area (Å²) in [6.07, 6.45) is 4.40. The number of fused-ring (bicyclic) bond motifs is 1. The highest BCUT2D eigenvalue weighted by Crippen LogP contribution is 2.32. The Morgan fingerprint density at radius 3 is 2.59 bits per heavy atom. The lowest BCUT2D eigenvalue weighted by Crippen LogP contribution is -2.61. The molecule has 1 aliphatic carbocycles. The molecular weight excluding hydrogens is 423 g/mol. The van der Waals surface area contributed by atoms with E-state index in [1.54, 1.807) is 31.0 Å². The van der Waals surface area contributed by atoms with Gasteiger partial charge in [-0.1, -0.05) is 0 Å². The normalized spacial score (nSPS) is 21.4. The Labute approximate surface area is 183 Å². The van der Waals surface area contributed by atoms with Gasteiger partial charge >= 0.3 is 6.18 Å². The van der Waals surface area contributed by atoms with Crippen LogP contribution < -0.4 is 10.6 Å². The maximum Gasteiger partial charge on any atom is 0.408 e. The Balaban J connectivity index is 1.43. The Kier molecular flexibility index (Phi) is 6.00. The van der Waals surface area contributed by atoms with Gasteiger partial charge in [0.2, 0.25) is 0 Å². The van der Waals surface area contributed by atoms with E-state index in [1.807, 2.05) is 16.7 Å². The molecule has 0 aliphatic heterocycles. The number of alkyl halides is 3. The second-order valence-electron chi connectivity index (χ2n) is 8.56. The monoisotopic (exact) mass is 449 g/mol. The van der Waals surface area contributed by atoms with Crippen LogP contribution in [0.3, 0.4) is 0 Å². The smallest absolute Gasteiger partial charge is 0.394 e. The molecule has 0 spiro atoms. The fourth-order valence-corrected chi connectivity index (χ4v) is 4.21. The number of aliphatic hydroxyl groups excluding tert-OH is 1. The van der Waals surface area contributed by atoms with E-state index in [0.29, 0.717) is 31.2 Å². The lowest BCUT2D eigenvalue weighted by molar-refractivity contribution is -0.204. The van der Waals surface area contributed by atoms with Crippen LogP contribution in [-0.2, 0) is 0 Å². The highest BCUT2D eigenvalue weighted by Gasteiger charge is 2.51. The summed E-state index contributed by atoms with van der Waals surface area (Å²) < 4.78 is 41.5. The van der Waals surface area contributed by atoms with Crippen molar-refractivity contribution < 1.29 is 23.1 Å². The number of H-pyrrole nitrogens is 1. The van der Waals surface area contributed by atoms with Crippen LogP contribution in [0.5, 0.6) is 0 Å². The number of aromatic nitrogens is 3. The zero-order valence-electron chi connectivity index (χ0n) is 17.6. The van der Waals surface area contributed by atoms with Crippen molar-refractivity contribution >= 4 is 16.8 Å². The number of carbonyl (C=O) groups excluding carboxylic acids is 1. The summed E-state index contributed by atoms with van der Waals surface area (Å²) in [5.74, 6) is -0.230. The SMILES string of the molecule is CC(CO)(NC1CCC(NC(=O)c2cc(-n3ccnc3)cc3cc[nH]c23)CC1)C(F)(F)F. The van der Waals surface area contributed by atoms with Crippen molar-refractivity contribution in [1.29, 1.82) is 0 Å². The molecule has 1 atom stereocenters. The quantitative estimate of drug-likeness (QED) is 0.465. The predicted molar refractivity (Wildman–Crippen MR) is 114 cm³/mol. The van der Waals surface area contributed by atoms with Crippen LogP contribution in [0.4, 0.5) is 13.2 Å². The molecule has 10 heteroatoms. The Bertz CT molecular complexity index is 1070. The average molecular weight is 449 g/mol. The third-order valence-corrected chi connectivity index (χ3v) is 6.22. The van der Waals surface area contributed by atoms with E-state index in [2.05, 4.69) is 20.6 Å². The number of aromatic amines is 1. The summed E-state index contributed by atoms with van der Waals surface area (Å²) in [7, 11) is 0. The third-order valence-electron chi connectivity index (χ3n) is 6.22. The number of benzene rings is 1. The lowest BCUT2D eigenvalue weighted by Gasteiger charge is -2.38. The topological polar surface area (TPSA) is 95.0 Å². The molecule has 2 heterocycles. The molecule has 172 valence electrons. The van der Waals surface area contributed by atoms with Crippen LogP contribution in [0.2, 0.25) is 0 Å². The first-order valence-corrected chi connectivity index (χ1v) is 10.6. The van der Waals surface area contributed by atoms with Gasteiger partial charge in [-0.2, -0.15) is 13.2 Å². The highest BCUT2D eigenvalue weighted by atomic mass is 19.4. The largest absolute Gasteiger partial charge is 0.408 e. The molecule has 0 saturated heterocycles. The van der Waals surface area contributed by atoms with E-state index >= 15 is 0 Å². The molecule has 1 amide bonds. The number of aliphatic hydroxyl groups is 1. The van der Waals surface area contributed by atoms with Gasteiger partial charge in [-0.05, 0) is 50.8 Å². The van der Waals surface area contributed by atoms with Crippen LogP contribution in [0.1, 0.15) is 43.0 Å². The van der Waals surface area contributed by atoms with Gasteiger partial charge in [0.1, 0.15) is 5.54 Å². The molecule has 32 heavy (non-hydrogen) atoms. The van der Waals surface area contributed by atoms with Crippen LogP contribution in [0.25, 0.3) is 16.6 Å². The molecule has 0 bridgehead atoms. The van der Waals surface area contributed by atoms with Crippen molar-refractivity contribution in [3.05, 3.63) is 48.7 Å². The van der Waals surface area contributed by atoms with Gasteiger partial charge in [-0.3, -0.25) is 10.1 Å². The average Bonchev–Trinajstić information content (AvgIpc) is 3.45. The zero-order valence-corrected chi connectivity index (χ0v) is 17.6. The fourth-order valence-electron chi connectivity index (χ4n) is 4.21. The molecule has 4 rings (SSSR count). The van der Waals surface area contributed by atoms with Crippen LogP contribution in [0.15, 0.2) is 43.1 Å². The van der Waals surface area contributed by atoms with Gasteiger partial charge in [0.25, 0.3) is 5.91 Å². The van der Waals surface area contributed by atoms with Crippen molar-refractivity contribution in [2.45, 2.75) is 56.4 Å². The Morgan fingerprint density at radius 1 is 1.25 bits per heavy atom. The summed E-state index contributed by atoms with van der Waals surface area (Å²) in [4.78, 5) is 20.2. The number of imidazole rings is 1. The number of hydrogen-bond acceptors (Lipinski definition) is 4. The van der Waals surface area contributed by atoms with E-state index in [9.17, 15) is 23.1 Å². The van der Waals surface area contributed by atoms with Gasteiger partial charge < -0.3 is 20.0 Å². The lowest BCUT2D eigenvalue weighted by atomic mass is 9.88. The number of nitrogens with one attached hydrogen (secondary N) is 3. The second-order valence-corrected chi connectivity index (χ2v) is 8.56. The molecule has 1 unspecified atom stereocenters. The van der Waals surface area contributed by atoms with Crippen molar-refractivity contribution in [3.8, 4) is 5.69 Å². The van der Waals surface area contributed by atoms with Gasteiger partial charge in [-0.15, -0.1) is 0 Å². The molecule has 1 aromatic carbocycles. The van der Waals surface area contributed by atoms with E-state index in [1.165, 1.54) is 0 Å². The molecule has 7 nitrogen and oxygen atoms in total. The minimum absolute atomic E-state index is 0.131. The Morgan fingerprint density at radius 2 is 1.97 bits per heavy atom. The van der Waals surface area contributed by atoms with Crippen molar-refractivity contribution in [1.82, 2.24) is 25.2 Å². The maximum absolute atomic E-state index is 13.2. The first-order valence-electron chi connectivity index (χ1n) is 10.6. The highest BCUT2D eigenvalue weighted by molar-refractivity contribution is 6.06. The molecule has 1 saturated carbocycles. The number of halogens is 3. The van der Waals surface area contributed by atoms with E-state index in [-0.39, 0.29) is 18.0 Å². The van der Waals surface area contributed by atoms with E-state index in [4.69, 9.17) is 0 Å². The van der Waals surface area contributed by atoms with Gasteiger partial charge in [0.15, 0.2) is 0 Å². The molecular formula is C22H26F3N5O2. The Hall–Kier alpha value is -2.85. The molecule has 0 radical (unpaired) electrons. The minimum Gasteiger partial charge on any atom is -0.394 e. The number of rotatable bonds is 6. The summed E-state index contributed by atoms with van der Waals surface area (Å²) in [6.45, 7) is -0.0533. The number of amides is 1. The summed E-state index contributed by atoms with van der Waals surface area (Å²) in [5.41, 5.74) is -0.295. The number of carbonyl (C=O) groups is 1. The van der Waals surface area contributed by atoms with E-state index < -0.39 is 18.3 Å². The number of hydrogen-bond donors (Lipinski definition) is 4. The summed E-state index contributed by atoms with van der Waals surface area (Å²) >= 11 is 0. The van der Waals surface area contributed by atoms with Crippen molar-refractivity contribution in [3.63, 3.8) is 0 Å². The summed E-state index contributed by atoms with van der Waals surface area (Å²) in [6, 6.07) is 5.14. The number of nitrogens with zero attached hydrogens (tertiary/aromatic N) is 2. The first kappa shape index (κ1) is 22.3. The van der Waals surface area contributed by atoms with Gasteiger partial charge in [-0.25, -0.2) is 4.98 Å². The zero-order chi connectivity index (χ0) is 22.9. The summed E-state index contributed by atoms with van der Waals surface area (Å²) in [5, 5.41) is 15.8. The first-order chi connectivity index (χ1) is 15.2. The van der Waals surface area contributed by atoms with Gasteiger partial charge in [0, 0.05) is 41.7 Å². The van der Waals surface area contributed by atoms with Crippen LogP contribution >= 0.6 is 0 Å². The van der Waals surface area contributed by atoms with Crippen molar-refractivity contribution in [2.75, 3.05) is 6.61 Å².